The lowest BCUT2D eigenvalue weighted by Crippen LogP contribution is -2.68. The molecular weight excluding hydrogens is 242 g/mol. The molecule has 4 aliphatic rings. The Labute approximate surface area is 125 Å². The van der Waals surface area contributed by atoms with Crippen LogP contribution in [-0.2, 0) is 0 Å². The van der Waals surface area contributed by atoms with Crippen LogP contribution in [0, 0.1) is 34.5 Å². The van der Waals surface area contributed by atoms with Crippen LogP contribution < -0.4 is 5.73 Å². The molecule has 0 spiro atoms. The molecule has 4 fully saturated rings. The molecule has 0 heterocycles. The lowest BCUT2D eigenvalue weighted by molar-refractivity contribution is -0.445. The van der Waals surface area contributed by atoms with Crippen LogP contribution in [0.15, 0.2) is 0 Å². The summed E-state index contributed by atoms with van der Waals surface area (Å²) < 4.78 is 0. The Balaban J connectivity index is 1.64. The molecule has 114 valence electrons. The van der Waals surface area contributed by atoms with E-state index in [1.54, 1.807) is 19.3 Å². The van der Waals surface area contributed by atoms with Gasteiger partial charge in [0.25, 0.3) is 0 Å². The van der Waals surface area contributed by atoms with Crippen LogP contribution in [0.2, 0.25) is 0 Å². The van der Waals surface area contributed by atoms with E-state index in [1.165, 1.54) is 44.9 Å². The monoisotopic (exact) mass is 276 g/mol. The maximum Gasteiger partial charge on any atom is 0.0900 e. The molecule has 0 amide bonds. The predicted molar refractivity (Wildman–Crippen MR) is 83.0 cm³/mol. The van der Waals surface area contributed by atoms with Crippen LogP contribution in [0.3, 0.4) is 0 Å². The number of fused-ring (bicyclic) bond motifs is 5. The lowest BCUT2D eigenvalue weighted by atomic mass is 9.45. The molecule has 7 atom stereocenters. The molecule has 0 aromatic rings. The van der Waals surface area contributed by atoms with Crippen molar-refractivity contribution in [3.8, 4) is 0 Å². The largest absolute Gasteiger partial charge is 0.355 e. The van der Waals surface area contributed by atoms with Crippen molar-refractivity contribution < 1.29 is 5.73 Å². The zero-order valence-corrected chi connectivity index (χ0v) is 13.7. The van der Waals surface area contributed by atoms with E-state index in [0.29, 0.717) is 10.8 Å². The predicted octanol–water partition coefficient (Wildman–Crippen LogP) is 4.03. The summed E-state index contributed by atoms with van der Waals surface area (Å²) in [5.41, 5.74) is 5.84. The molecule has 0 bridgehead atoms. The van der Waals surface area contributed by atoms with Crippen molar-refractivity contribution >= 4 is 0 Å². The summed E-state index contributed by atoms with van der Waals surface area (Å²) in [6.45, 7) is 5.28. The van der Waals surface area contributed by atoms with Gasteiger partial charge in [-0.05, 0) is 74.0 Å². The number of rotatable bonds is 0. The van der Waals surface area contributed by atoms with Gasteiger partial charge in [0.1, 0.15) is 0 Å². The van der Waals surface area contributed by atoms with Gasteiger partial charge in [-0.2, -0.15) is 0 Å². The molecule has 0 aromatic heterocycles. The highest BCUT2D eigenvalue weighted by atomic mass is 14.8. The van der Waals surface area contributed by atoms with Gasteiger partial charge in [-0.25, -0.2) is 0 Å². The van der Waals surface area contributed by atoms with Crippen molar-refractivity contribution in [3.63, 3.8) is 0 Å². The highest BCUT2D eigenvalue weighted by Crippen LogP contribution is 2.65. The normalized spacial score (nSPS) is 58.6. The minimum absolute atomic E-state index is 0.596. The second-order valence-electron chi connectivity index (χ2n) is 9.22. The van der Waals surface area contributed by atoms with Crippen molar-refractivity contribution in [2.75, 3.05) is 0 Å². The lowest BCUT2D eigenvalue weighted by Gasteiger charge is -2.60. The van der Waals surface area contributed by atoms with Gasteiger partial charge in [0, 0.05) is 11.8 Å². The molecule has 20 heavy (non-hydrogen) atoms. The first-order valence-corrected chi connectivity index (χ1v) is 9.39. The van der Waals surface area contributed by atoms with Gasteiger partial charge in [0.15, 0.2) is 0 Å². The Morgan fingerprint density at radius 3 is 2.40 bits per heavy atom. The average Bonchev–Trinajstić information content (AvgIpc) is 2.74. The minimum Gasteiger partial charge on any atom is -0.355 e. The Morgan fingerprint density at radius 2 is 1.55 bits per heavy atom. The second-order valence-corrected chi connectivity index (χ2v) is 9.22. The van der Waals surface area contributed by atoms with Gasteiger partial charge in [-0.3, -0.25) is 0 Å². The van der Waals surface area contributed by atoms with E-state index in [0.717, 1.165) is 29.7 Å². The minimum atomic E-state index is 0.596. The smallest absolute Gasteiger partial charge is 0.0900 e. The first kappa shape index (κ1) is 13.6. The molecule has 0 aliphatic heterocycles. The Hall–Kier alpha value is -0.0400. The average molecular weight is 276 g/mol. The van der Waals surface area contributed by atoms with Crippen molar-refractivity contribution in [2.24, 2.45) is 34.5 Å². The SMILES string of the molecule is C[C@]12CC[C@H]3[C@H](CC[C@H]4CCCC[C@@]43C)[C@H]1CC[C@@H]2[NH3+]. The maximum absolute atomic E-state index is 4.53. The third-order valence-electron chi connectivity index (χ3n) is 8.78. The molecule has 3 N–H and O–H groups in total. The fraction of sp³-hybridized carbons (Fsp3) is 1.00. The maximum atomic E-state index is 4.53. The molecule has 1 nitrogen and oxygen atoms in total. The second kappa shape index (κ2) is 4.48. The first-order valence-electron chi connectivity index (χ1n) is 9.39. The van der Waals surface area contributed by atoms with Crippen LogP contribution in [0.4, 0.5) is 0 Å². The van der Waals surface area contributed by atoms with E-state index in [2.05, 4.69) is 19.6 Å². The Morgan fingerprint density at radius 1 is 0.750 bits per heavy atom. The zero-order valence-electron chi connectivity index (χ0n) is 13.7. The topological polar surface area (TPSA) is 27.6 Å². The van der Waals surface area contributed by atoms with E-state index in [9.17, 15) is 0 Å². The van der Waals surface area contributed by atoms with Gasteiger partial charge in [-0.1, -0.05) is 26.7 Å². The van der Waals surface area contributed by atoms with Gasteiger partial charge in [0.2, 0.25) is 0 Å². The van der Waals surface area contributed by atoms with E-state index >= 15 is 0 Å². The van der Waals surface area contributed by atoms with E-state index in [-0.39, 0.29) is 0 Å². The van der Waals surface area contributed by atoms with E-state index < -0.39 is 0 Å². The Bertz CT molecular complexity index is 391. The summed E-state index contributed by atoms with van der Waals surface area (Å²) in [6, 6.07) is 0.741. The first-order chi connectivity index (χ1) is 9.56. The van der Waals surface area contributed by atoms with Gasteiger partial charge in [-0.15, -0.1) is 0 Å². The van der Waals surface area contributed by atoms with Crippen LogP contribution in [0.25, 0.3) is 0 Å². The van der Waals surface area contributed by atoms with Crippen molar-refractivity contribution in [1.29, 1.82) is 0 Å². The van der Waals surface area contributed by atoms with Gasteiger partial charge < -0.3 is 5.73 Å². The molecular formula is C19H34N+. The summed E-state index contributed by atoms with van der Waals surface area (Å²) in [5, 5.41) is 0. The third kappa shape index (κ3) is 1.65. The van der Waals surface area contributed by atoms with Crippen LogP contribution in [0.1, 0.15) is 78.1 Å². The molecule has 1 heteroatoms. The fourth-order valence-electron chi connectivity index (χ4n) is 7.40. The summed E-state index contributed by atoms with van der Waals surface area (Å²) >= 11 is 0. The molecule has 0 unspecified atom stereocenters. The van der Waals surface area contributed by atoms with Gasteiger partial charge in [0.05, 0.1) is 6.04 Å². The van der Waals surface area contributed by atoms with Gasteiger partial charge >= 0.3 is 0 Å². The number of hydrogen-bond acceptors (Lipinski definition) is 0. The van der Waals surface area contributed by atoms with Crippen molar-refractivity contribution in [2.45, 2.75) is 84.1 Å². The molecule has 0 aromatic carbocycles. The summed E-state index contributed by atoms with van der Waals surface area (Å²) in [4.78, 5) is 0. The number of quaternary nitrogens is 1. The van der Waals surface area contributed by atoms with E-state index in [1.807, 2.05) is 0 Å². The van der Waals surface area contributed by atoms with Crippen LogP contribution in [0.5, 0.6) is 0 Å². The third-order valence-corrected chi connectivity index (χ3v) is 8.78. The summed E-state index contributed by atoms with van der Waals surface area (Å²) in [7, 11) is 0. The summed E-state index contributed by atoms with van der Waals surface area (Å²) in [6.07, 6.45) is 15.1. The molecule has 0 saturated heterocycles. The molecule has 4 rings (SSSR count). The van der Waals surface area contributed by atoms with Crippen molar-refractivity contribution in [1.82, 2.24) is 0 Å². The molecule has 4 aliphatic carbocycles. The number of hydrogen-bond donors (Lipinski definition) is 1. The molecule has 4 saturated carbocycles. The quantitative estimate of drug-likeness (QED) is 0.692. The highest BCUT2D eigenvalue weighted by molar-refractivity contribution is 5.08. The fourth-order valence-corrected chi connectivity index (χ4v) is 7.40. The standard InChI is InChI=1S/C19H33N/c1-18-11-4-3-5-13(18)6-7-14-15-8-9-17(20)19(15,2)12-10-16(14)18/h13-17H,3-12,20H2,1-2H3/p+1/t13-,14-,15-,16+,17+,18+,19+/m1/s1. The zero-order chi connectivity index (χ0) is 14.0. The van der Waals surface area contributed by atoms with E-state index in [4.69, 9.17) is 0 Å². The van der Waals surface area contributed by atoms with Crippen molar-refractivity contribution in [3.05, 3.63) is 0 Å². The summed E-state index contributed by atoms with van der Waals surface area (Å²) in [5.74, 6) is 4.20. The Kier molecular flexibility index (Phi) is 3.05. The van der Waals surface area contributed by atoms with Crippen LogP contribution >= 0.6 is 0 Å². The molecule has 0 radical (unpaired) electrons. The highest BCUT2D eigenvalue weighted by Gasteiger charge is 2.60. The van der Waals surface area contributed by atoms with Crippen LogP contribution in [-0.4, -0.2) is 6.04 Å².